The highest BCUT2D eigenvalue weighted by molar-refractivity contribution is 7.13. The summed E-state index contributed by atoms with van der Waals surface area (Å²) in [6.07, 6.45) is 1.50. The van der Waals surface area contributed by atoms with Crippen LogP contribution in [0.1, 0.15) is 24.3 Å². The summed E-state index contributed by atoms with van der Waals surface area (Å²) in [6.45, 7) is 2.97. The third-order valence-corrected chi connectivity index (χ3v) is 5.05. The van der Waals surface area contributed by atoms with Crippen molar-refractivity contribution in [3.05, 3.63) is 29.0 Å². The number of hydrogen-bond donors (Lipinski definition) is 1. The number of primary amides is 1. The fourth-order valence-electron chi connectivity index (χ4n) is 2.77. The van der Waals surface area contributed by atoms with Crippen LogP contribution >= 0.6 is 11.3 Å². The first-order chi connectivity index (χ1) is 11.0. The fourth-order valence-corrected chi connectivity index (χ4v) is 3.42. The molecule has 0 bridgehead atoms. The van der Waals surface area contributed by atoms with Gasteiger partial charge in [-0.25, -0.2) is 4.98 Å². The molecular weight excluding hydrogens is 314 g/mol. The molecule has 2 aromatic rings. The van der Waals surface area contributed by atoms with E-state index in [4.69, 9.17) is 10.2 Å². The van der Waals surface area contributed by atoms with Gasteiger partial charge in [0.25, 0.3) is 0 Å². The van der Waals surface area contributed by atoms with E-state index in [1.165, 1.54) is 0 Å². The van der Waals surface area contributed by atoms with Gasteiger partial charge >= 0.3 is 0 Å². The molecule has 1 fully saturated rings. The van der Waals surface area contributed by atoms with E-state index in [1.807, 2.05) is 24.4 Å². The number of thiophene rings is 1. The molecule has 0 unspecified atom stereocenters. The number of piperidine rings is 1. The summed E-state index contributed by atoms with van der Waals surface area (Å²) in [7, 11) is 0. The molecule has 3 heterocycles. The molecule has 0 radical (unpaired) electrons. The molecule has 0 atom stereocenters. The van der Waals surface area contributed by atoms with Crippen LogP contribution in [-0.4, -0.2) is 34.8 Å². The zero-order valence-electron chi connectivity index (χ0n) is 12.9. The van der Waals surface area contributed by atoms with Crippen molar-refractivity contribution < 1.29 is 14.0 Å². The highest BCUT2D eigenvalue weighted by atomic mass is 32.1. The van der Waals surface area contributed by atoms with Gasteiger partial charge in [-0.05, 0) is 31.2 Å². The van der Waals surface area contributed by atoms with E-state index in [2.05, 4.69) is 4.98 Å². The maximum Gasteiger partial charge on any atom is 0.236 e. The van der Waals surface area contributed by atoms with Crippen molar-refractivity contribution in [3.8, 4) is 10.8 Å². The second kappa shape index (κ2) is 6.54. The van der Waals surface area contributed by atoms with Gasteiger partial charge in [0, 0.05) is 19.0 Å². The first-order valence-electron chi connectivity index (χ1n) is 7.62. The third-order valence-electron chi connectivity index (χ3n) is 4.19. The lowest BCUT2D eigenvalue weighted by molar-refractivity contribution is -0.134. The highest BCUT2D eigenvalue weighted by Gasteiger charge is 2.27. The van der Waals surface area contributed by atoms with Crippen molar-refractivity contribution in [3.63, 3.8) is 0 Å². The molecule has 3 rings (SSSR count). The van der Waals surface area contributed by atoms with Gasteiger partial charge in [0.05, 0.1) is 17.0 Å². The van der Waals surface area contributed by atoms with Crippen LogP contribution in [0.3, 0.4) is 0 Å². The van der Waals surface area contributed by atoms with Crippen molar-refractivity contribution >= 4 is 23.2 Å². The molecule has 0 aliphatic carbocycles. The Morgan fingerprint density at radius 2 is 2.17 bits per heavy atom. The summed E-state index contributed by atoms with van der Waals surface area (Å²) < 4.78 is 5.66. The average Bonchev–Trinajstić information content (AvgIpc) is 3.18. The fraction of sp³-hybridized carbons (Fsp3) is 0.438. The number of carbonyl (C=O) groups is 2. The zero-order valence-corrected chi connectivity index (χ0v) is 13.8. The van der Waals surface area contributed by atoms with Gasteiger partial charge in [-0.15, -0.1) is 11.3 Å². The summed E-state index contributed by atoms with van der Waals surface area (Å²) in [4.78, 5) is 30.8. The maximum atomic E-state index is 12.4. The lowest BCUT2D eigenvalue weighted by atomic mass is 9.96. The Kier molecular flexibility index (Phi) is 4.47. The molecule has 7 heteroatoms. The van der Waals surface area contributed by atoms with Crippen molar-refractivity contribution in [2.24, 2.45) is 11.7 Å². The summed E-state index contributed by atoms with van der Waals surface area (Å²) in [5, 5.41) is 1.96. The van der Waals surface area contributed by atoms with Gasteiger partial charge in [0.1, 0.15) is 5.76 Å². The van der Waals surface area contributed by atoms with E-state index < -0.39 is 0 Å². The van der Waals surface area contributed by atoms with E-state index in [9.17, 15) is 9.59 Å². The molecule has 1 aliphatic rings. The summed E-state index contributed by atoms with van der Waals surface area (Å²) >= 11 is 1.55. The lowest BCUT2D eigenvalue weighted by Gasteiger charge is -2.30. The quantitative estimate of drug-likeness (QED) is 0.926. The predicted octanol–water partition coefficient (Wildman–Crippen LogP) is 1.98. The first-order valence-corrected chi connectivity index (χ1v) is 8.50. The van der Waals surface area contributed by atoms with Gasteiger partial charge in [0.15, 0.2) is 0 Å². The minimum atomic E-state index is -0.273. The van der Waals surface area contributed by atoms with Crippen molar-refractivity contribution in [1.82, 2.24) is 9.88 Å². The number of hydrogen-bond acceptors (Lipinski definition) is 5. The minimum Gasteiger partial charge on any atom is -0.440 e. The summed E-state index contributed by atoms with van der Waals surface area (Å²) in [5.41, 5.74) is 5.99. The Morgan fingerprint density at radius 3 is 2.78 bits per heavy atom. The second-order valence-corrected chi connectivity index (χ2v) is 6.68. The average molecular weight is 333 g/mol. The van der Waals surface area contributed by atoms with Crippen LogP contribution in [-0.2, 0) is 16.0 Å². The summed E-state index contributed by atoms with van der Waals surface area (Å²) in [6, 6.07) is 3.88. The van der Waals surface area contributed by atoms with Crippen LogP contribution in [0.5, 0.6) is 0 Å². The van der Waals surface area contributed by atoms with Crippen LogP contribution in [0.4, 0.5) is 0 Å². The van der Waals surface area contributed by atoms with Crippen molar-refractivity contribution in [2.45, 2.75) is 26.2 Å². The molecule has 6 nitrogen and oxygen atoms in total. The van der Waals surface area contributed by atoms with Crippen LogP contribution in [0.15, 0.2) is 21.9 Å². The van der Waals surface area contributed by atoms with Gasteiger partial charge in [-0.2, -0.15) is 0 Å². The largest absolute Gasteiger partial charge is 0.440 e. The Morgan fingerprint density at radius 1 is 1.43 bits per heavy atom. The number of nitrogens with two attached hydrogens (primary N) is 1. The number of likely N-dealkylation sites (tertiary alicyclic amines) is 1. The maximum absolute atomic E-state index is 12.4. The number of aromatic nitrogens is 1. The van der Waals surface area contributed by atoms with E-state index in [-0.39, 0.29) is 24.2 Å². The molecule has 122 valence electrons. The monoisotopic (exact) mass is 333 g/mol. The van der Waals surface area contributed by atoms with Gasteiger partial charge in [-0.3, -0.25) is 9.59 Å². The van der Waals surface area contributed by atoms with E-state index in [0.29, 0.717) is 43.3 Å². The SMILES string of the molecule is Cc1oc(-c2cccs2)nc1CC(=O)N1CCC(C(N)=O)CC1. The van der Waals surface area contributed by atoms with Gasteiger partial charge in [-0.1, -0.05) is 6.07 Å². The summed E-state index contributed by atoms with van der Waals surface area (Å²) in [5.74, 6) is 0.867. The van der Waals surface area contributed by atoms with E-state index in [1.54, 1.807) is 16.2 Å². The standard InChI is InChI=1S/C16H19N3O3S/c1-10-12(18-16(22-10)13-3-2-8-23-13)9-14(20)19-6-4-11(5-7-19)15(17)21/h2-3,8,11H,4-7,9H2,1H3,(H2,17,21). The second-order valence-electron chi connectivity index (χ2n) is 5.73. The Hall–Kier alpha value is -2.15. The number of oxazole rings is 1. The van der Waals surface area contributed by atoms with E-state index >= 15 is 0 Å². The molecule has 2 N–H and O–H groups in total. The van der Waals surface area contributed by atoms with Crippen molar-refractivity contribution in [2.75, 3.05) is 13.1 Å². The molecule has 1 aliphatic heterocycles. The topological polar surface area (TPSA) is 89.4 Å². The van der Waals surface area contributed by atoms with Gasteiger partial charge < -0.3 is 15.1 Å². The number of nitrogens with zero attached hydrogens (tertiary/aromatic N) is 2. The molecule has 2 amide bonds. The van der Waals surface area contributed by atoms with Crippen molar-refractivity contribution in [1.29, 1.82) is 0 Å². The predicted molar refractivity (Wildman–Crippen MR) is 86.8 cm³/mol. The Balaban J connectivity index is 1.64. The molecule has 1 saturated heterocycles. The zero-order chi connectivity index (χ0) is 16.4. The van der Waals surface area contributed by atoms with Crippen LogP contribution in [0, 0.1) is 12.8 Å². The molecule has 0 aromatic carbocycles. The molecular formula is C16H19N3O3S. The lowest BCUT2D eigenvalue weighted by Crippen LogP contribution is -2.42. The van der Waals surface area contributed by atoms with Crippen LogP contribution < -0.4 is 5.73 Å². The van der Waals surface area contributed by atoms with Crippen LogP contribution in [0.25, 0.3) is 10.8 Å². The third kappa shape index (κ3) is 3.44. The molecule has 0 saturated carbocycles. The molecule has 0 spiro atoms. The number of carbonyl (C=O) groups excluding carboxylic acids is 2. The Bertz CT molecular complexity index is 700. The number of amides is 2. The smallest absolute Gasteiger partial charge is 0.236 e. The normalized spacial score (nSPS) is 15.8. The first kappa shape index (κ1) is 15.7. The van der Waals surface area contributed by atoms with Crippen LogP contribution in [0.2, 0.25) is 0 Å². The minimum absolute atomic E-state index is 0.0158. The number of rotatable bonds is 4. The molecule has 23 heavy (non-hydrogen) atoms. The van der Waals surface area contributed by atoms with Gasteiger partial charge in [0.2, 0.25) is 17.7 Å². The highest BCUT2D eigenvalue weighted by Crippen LogP contribution is 2.26. The van der Waals surface area contributed by atoms with E-state index in [0.717, 1.165) is 4.88 Å². The number of aryl methyl sites for hydroxylation is 1. The Labute approximate surface area is 138 Å². The molecule has 2 aromatic heterocycles.